The molecule has 0 aliphatic carbocycles. The van der Waals surface area contributed by atoms with E-state index in [2.05, 4.69) is 10.6 Å². The third-order valence-corrected chi connectivity index (χ3v) is 2.27. The SMILES string of the molecule is CNCCC(=O)Nc1ccc(OC)c(OC)c1.Cl. The lowest BCUT2D eigenvalue weighted by molar-refractivity contribution is -0.116. The smallest absolute Gasteiger partial charge is 0.225 e. The Morgan fingerprint density at radius 2 is 1.89 bits per heavy atom. The van der Waals surface area contributed by atoms with Gasteiger partial charge in [-0.25, -0.2) is 0 Å². The molecule has 5 nitrogen and oxygen atoms in total. The van der Waals surface area contributed by atoms with Gasteiger partial charge < -0.3 is 20.1 Å². The molecular formula is C12H19ClN2O3. The normalized spacial score (nSPS) is 9.28. The highest BCUT2D eigenvalue weighted by Gasteiger charge is 2.06. The Hall–Kier alpha value is -1.46. The van der Waals surface area contributed by atoms with Crippen LogP contribution in [0.2, 0.25) is 0 Å². The van der Waals surface area contributed by atoms with Gasteiger partial charge in [0.25, 0.3) is 0 Å². The number of rotatable bonds is 6. The molecule has 0 fully saturated rings. The van der Waals surface area contributed by atoms with Crippen LogP contribution in [0.5, 0.6) is 11.5 Å². The van der Waals surface area contributed by atoms with Gasteiger partial charge in [0.15, 0.2) is 11.5 Å². The summed E-state index contributed by atoms with van der Waals surface area (Å²) in [5, 5.41) is 5.71. The first-order valence-electron chi connectivity index (χ1n) is 5.37. The number of hydrogen-bond donors (Lipinski definition) is 2. The summed E-state index contributed by atoms with van der Waals surface area (Å²) in [7, 11) is 4.94. The summed E-state index contributed by atoms with van der Waals surface area (Å²) in [5.74, 6) is 1.20. The van der Waals surface area contributed by atoms with Crippen molar-refractivity contribution in [2.24, 2.45) is 0 Å². The van der Waals surface area contributed by atoms with Gasteiger partial charge in [-0.3, -0.25) is 4.79 Å². The van der Waals surface area contributed by atoms with E-state index in [-0.39, 0.29) is 18.3 Å². The molecule has 1 aromatic carbocycles. The van der Waals surface area contributed by atoms with Crippen LogP contribution < -0.4 is 20.1 Å². The third kappa shape index (κ3) is 4.81. The molecule has 0 radical (unpaired) electrons. The molecule has 0 atom stereocenters. The van der Waals surface area contributed by atoms with E-state index in [0.29, 0.717) is 30.2 Å². The summed E-state index contributed by atoms with van der Waals surface area (Å²) in [5.41, 5.74) is 0.698. The van der Waals surface area contributed by atoms with Crippen molar-refractivity contribution in [1.82, 2.24) is 5.32 Å². The highest BCUT2D eigenvalue weighted by atomic mass is 35.5. The van der Waals surface area contributed by atoms with Crippen molar-refractivity contribution in [3.05, 3.63) is 18.2 Å². The Labute approximate surface area is 113 Å². The van der Waals surface area contributed by atoms with Gasteiger partial charge in [0, 0.05) is 24.7 Å². The minimum absolute atomic E-state index is 0. The van der Waals surface area contributed by atoms with Gasteiger partial charge in [0.05, 0.1) is 14.2 Å². The summed E-state index contributed by atoms with van der Waals surface area (Å²) in [6, 6.07) is 5.27. The molecule has 6 heteroatoms. The van der Waals surface area contributed by atoms with Crippen LogP contribution in [0.15, 0.2) is 18.2 Å². The second-order valence-corrected chi connectivity index (χ2v) is 3.47. The number of halogens is 1. The summed E-state index contributed by atoms with van der Waals surface area (Å²) >= 11 is 0. The van der Waals surface area contributed by atoms with Crippen molar-refractivity contribution in [2.45, 2.75) is 6.42 Å². The Kier molecular flexibility index (Phi) is 7.91. The Balaban J connectivity index is 0.00000289. The van der Waals surface area contributed by atoms with Crippen molar-refractivity contribution >= 4 is 24.0 Å². The molecule has 0 saturated heterocycles. The average molecular weight is 275 g/mol. The number of nitrogens with one attached hydrogen (secondary N) is 2. The minimum Gasteiger partial charge on any atom is -0.493 e. The van der Waals surface area contributed by atoms with Gasteiger partial charge in [-0.05, 0) is 19.2 Å². The predicted molar refractivity (Wildman–Crippen MR) is 74.0 cm³/mol. The van der Waals surface area contributed by atoms with E-state index in [9.17, 15) is 4.79 Å². The summed E-state index contributed by atoms with van der Waals surface area (Å²) in [6.07, 6.45) is 0.435. The highest BCUT2D eigenvalue weighted by molar-refractivity contribution is 5.91. The first-order chi connectivity index (χ1) is 8.21. The molecule has 0 heterocycles. The van der Waals surface area contributed by atoms with Gasteiger partial charge in [-0.1, -0.05) is 0 Å². The second-order valence-electron chi connectivity index (χ2n) is 3.47. The zero-order chi connectivity index (χ0) is 12.7. The largest absolute Gasteiger partial charge is 0.493 e. The molecule has 2 N–H and O–H groups in total. The number of carbonyl (C=O) groups is 1. The number of methoxy groups -OCH3 is 2. The van der Waals surface area contributed by atoms with Crippen molar-refractivity contribution < 1.29 is 14.3 Å². The van der Waals surface area contributed by atoms with Gasteiger partial charge in [0.2, 0.25) is 5.91 Å². The topological polar surface area (TPSA) is 59.6 Å². The van der Waals surface area contributed by atoms with Crippen LogP contribution in [0, 0.1) is 0 Å². The minimum atomic E-state index is -0.0356. The number of anilines is 1. The van der Waals surface area contributed by atoms with E-state index in [0.717, 1.165) is 0 Å². The van der Waals surface area contributed by atoms with E-state index in [1.807, 2.05) is 7.05 Å². The number of benzene rings is 1. The summed E-state index contributed by atoms with van der Waals surface area (Å²) in [6.45, 7) is 0.652. The molecule has 0 aliphatic heterocycles. The molecule has 0 saturated carbocycles. The quantitative estimate of drug-likeness (QED) is 0.829. The zero-order valence-electron chi connectivity index (χ0n) is 10.8. The molecule has 0 spiro atoms. The molecule has 0 aromatic heterocycles. The fraction of sp³-hybridized carbons (Fsp3) is 0.417. The lowest BCUT2D eigenvalue weighted by Crippen LogP contribution is -2.18. The van der Waals surface area contributed by atoms with Crippen LogP contribution in [-0.2, 0) is 4.79 Å². The molecule has 1 amide bonds. The highest BCUT2D eigenvalue weighted by Crippen LogP contribution is 2.29. The molecule has 102 valence electrons. The lowest BCUT2D eigenvalue weighted by Gasteiger charge is -2.10. The first-order valence-corrected chi connectivity index (χ1v) is 5.37. The van der Waals surface area contributed by atoms with E-state index >= 15 is 0 Å². The summed E-state index contributed by atoms with van der Waals surface area (Å²) < 4.78 is 10.3. The van der Waals surface area contributed by atoms with Crippen molar-refractivity contribution in [3.8, 4) is 11.5 Å². The molecule has 18 heavy (non-hydrogen) atoms. The van der Waals surface area contributed by atoms with Crippen LogP contribution in [-0.4, -0.2) is 33.7 Å². The van der Waals surface area contributed by atoms with E-state index in [4.69, 9.17) is 9.47 Å². The van der Waals surface area contributed by atoms with E-state index < -0.39 is 0 Å². The van der Waals surface area contributed by atoms with Crippen molar-refractivity contribution in [2.75, 3.05) is 33.1 Å². The Morgan fingerprint density at radius 1 is 1.22 bits per heavy atom. The van der Waals surface area contributed by atoms with Crippen LogP contribution in [0.4, 0.5) is 5.69 Å². The van der Waals surface area contributed by atoms with Crippen LogP contribution in [0.1, 0.15) is 6.42 Å². The van der Waals surface area contributed by atoms with E-state index in [1.54, 1.807) is 32.4 Å². The van der Waals surface area contributed by atoms with Gasteiger partial charge in [0.1, 0.15) is 0 Å². The first kappa shape index (κ1) is 16.5. The van der Waals surface area contributed by atoms with Crippen molar-refractivity contribution in [3.63, 3.8) is 0 Å². The molecule has 0 unspecified atom stereocenters. The lowest BCUT2D eigenvalue weighted by atomic mass is 10.2. The summed E-state index contributed by atoms with van der Waals surface area (Å²) in [4.78, 5) is 11.5. The predicted octanol–water partition coefficient (Wildman–Crippen LogP) is 1.67. The monoisotopic (exact) mass is 274 g/mol. The average Bonchev–Trinajstić information content (AvgIpc) is 2.36. The van der Waals surface area contributed by atoms with Gasteiger partial charge >= 0.3 is 0 Å². The van der Waals surface area contributed by atoms with Gasteiger partial charge in [-0.15, -0.1) is 12.4 Å². The molecule has 1 aromatic rings. The maximum absolute atomic E-state index is 11.5. The fourth-order valence-corrected chi connectivity index (χ4v) is 1.38. The van der Waals surface area contributed by atoms with E-state index in [1.165, 1.54) is 0 Å². The van der Waals surface area contributed by atoms with Crippen LogP contribution >= 0.6 is 12.4 Å². The Morgan fingerprint density at radius 3 is 2.44 bits per heavy atom. The number of carbonyl (C=O) groups excluding carboxylic acids is 1. The van der Waals surface area contributed by atoms with Crippen molar-refractivity contribution in [1.29, 1.82) is 0 Å². The standard InChI is InChI=1S/C12H18N2O3.ClH/c1-13-7-6-12(15)14-9-4-5-10(16-2)11(8-9)17-3;/h4-5,8,13H,6-7H2,1-3H3,(H,14,15);1H. The maximum atomic E-state index is 11.5. The fourth-order valence-electron chi connectivity index (χ4n) is 1.38. The molecule has 1 rings (SSSR count). The maximum Gasteiger partial charge on any atom is 0.225 e. The molecule has 0 aliphatic rings. The van der Waals surface area contributed by atoms with Crippen LogP contribution in [0.3, 0.4) is 0 Å². The van der Waals surface area contributed by atoms with Gasteiger partial charge in [-0.2, -0.15) is 0 Å². The Bertz CT molecular complexity index is 386. The number of amides is 1. The third-order valence-electron chi connectivity index (χ3n) is 2.27. The molecular weight excluding hydrogens is 256 g/mol. The number of hydrogen-bond acceptors (Lipinski definition) is 4. The van der Waals surface area contributed by atoms with Crippen LogP contribution in [0.25, 0.3) is 0 Å². The number of ether oxygens (including phenoxy) is 2. The zero-order valence-corrected chi connectivity index (χ0v) is 11.6. The second kappa shape index (κ2) is 8.60. The molecule has 0 bridgehead atoms.